The van der Waals surface area contributed by atoms with Gasteiger partial charge in [-0.2, -0.15) is 0 Å². The molecule has 1 aromatic rings. The van der Waals surface area contributed by atoms with Gasteiger partial charge >= 0.3 is 0 Å². The normalized spacial score (nSPS) is 22.8. The Morgan fingerprint density at radius 1 is 1.17 bits per heavy atom. The van der Waals surface area contributed by atoms with E-state index in [1.54, 1.807) is 30.3 Å². The molecule has 1 aliphatic carbocycles. The molecule has 0 aromatic heterocycles. The molecule has 0 saturated carbocycles. The van der Waals surface area contributed by atoms with E-state index >= 15 is 0 Å². The third kappa shape index (κ3) is 4.01. The van der Waals surface area contributed by atoms with Crippen molar-refractivity contribution in [2.75, 3.05) is 0 Å². The number of sulfone groups is 1. The lowest BCUT2D eigenvalue weighted by molar-refractivity contribution is 0.0354. The van der Waals surface area contributed by atoms with E-state index in [-0.39, 0.29) is 9.80 Å². The van der Waals surface area contributed by atoms with Gasteiger partial charge in [-0.1, -0.05) is 57.7 Å². The summed E-state index contributed by atoms with van der Waals surface area (Å²) < 4.78 is 25.7. The fraction of sp³-hybridized carbons (Fsp3) is 0.579. The Balaban J connectivity index is 2.11. The highest BCUT2D eigenvalue weighted by molar-refractivity contribution is 7.95. The monoisotopic (exact) mass is 351 g/mol. The number of aliphatic hydroxyl groups excluding tert-OH is 1. The van der Waals surface area contributed by atoms with Crippen molar-refractivity contribution in [3.8, 4) is 0 Å². The molecule has 0 saturated heterocycles. The van der Waals surface area contributed by atoms with E-state index in [2.05, 4.69) is 6.92 Å². The van der Waals surface area contributed by atoms with Crippen molar-refractivity contribution in [1.82, 2.24) is 0 Å². The minimum atomic E-state index is -3.58. The van der Waals surface area contributed by atoms with Crippen LogP contribution in [0.3, 0.4) is 0 Å². The standard InChI is InChI=1S/C19H29NO3S/c1-3-4-5-9-12-18(21)19(2)13-16(20)17(14-19)24(22,23)15-10-7-6-8-11-15/h6-8,10-11,18,21H,3-5,9,12-14,20H2,1-2H3. The molecule has 0 amide bonds. The summed E-state index contributed by atoms with van der Waals surface area (Å²) in [7, 11) is -3.58. The van der Waals surface area contributed by atoms with Crippen LogP contribution in [0.15, 0.2) is 45.8 Å². The van der Waals surface area contributed by atoms with Crippen molar-refractivity contribution in [3.05, 3.63) is 40.9 Å². The Morgan fingerprint density at radius 2 is 1.83 bits per heavy atom. The summed E-state index contributed by atoms with van der Waals surface area (Å²) >= 11 is 0. The van der Waals surface area contributed by atoms with Gasteiger partial charge in [0.05, 0.1) is 15.9 Å². The van der Waals surface area contributed by atoms with Crippen LogP contribution in [0.4, 0.5) is 0 Å². The maximum absolute atomic E-state index is 12.8. The van der Waals surface area contributed by atoms with Crippen molar-refractivity contribution in [1.29, 1.82) is 0 Å². The Morgan fingerprint density at radius 3 is 2.46 bits per heavy atom. The number of nitrogens with two attached hydrogens (primary N) is 1. The van der Waals surface area contributed by atoms with Crippen LogP contribution in [0.5, 0.6) is 0 Å². The van der Waals surface area contributed by atoms with Crippen LogP contribution in [-0.4, -0.2) is 19.6 Å². The van der Waals surface area contributed by atoms with Crippen LogP contribution in [0.2, 0.25) is 0 Å². The van der Waals surface area contributed by atoms with Crippen LogP contribution in [0, 0.1) is 5.41 Å². The van der Waals surface area contributed by atoms with Gasteiger partial charge < -0.3 is 10.8 Å². The first-order valence-electron chi connectivity index (χ1n) is 8.77. The fourth-order valence-electron chi connectivity index (χ4n) is 3.43. The quantitative estimate of drug-likeness (QED) is 0.699. The number of unbranched alkanes of at least 4 members (excludes halogenated alkanes) is 3. The predicted octanol–water partition coefficient (Wildman–Crippen LogP) is 3.76. The summed E-state index contributed by atoms with van der Waals surface area (Å²) in [5.74, 6) is 0. The summed E-state index contributed by atoms with van der Waals surface area (Å²) in [4.78, 5) is 0.549. The summed E-state index contributed by atoms with van der Waals surface area (Å²) in [5, 5.41) is 10.6. The van der Waals surface area contributed by atoms with E-state index in [4.69, 9.17) is 5.73 Å². The van der Waals surface area contributed by atoms with E-state index in [1.165, 1.54) is 0 Å². The molecule has 0 spiro atoms. The third-order valence-electron chi connectivity index (χ3n) is 5.03. The molecular weight excluding hydrogens is 322 g/mol. The van der Waals surface area contributed by atoms with Crippen molar-refractivity contribution in [2.24, 2.45) is 11.1 Å². The van der Waals surface area contributed by atoms with E-state index in [1.807, 2.05) is 6.92 Å². The second kappa shape index (κ2) is 7.70. The molecular formula is C19H29NO3S. The van der Waals surface area contributed by atoms with Gasteiger partial charge in [0.25, 0.3) is 0 Å². The molecule has 3 N–H and O–H groups in total. The maximum atomic E-state index is 12.8. The minimum Gasteiger partial charge on any atom is -0.401 e. The first kappa shape index (κ1) is 19.0. The van der Waals surface area contributed by atoms with Crippen LogP contribution in [0.25, 0.3) is 0 Å². The van der Waals surface area contributed by atoms with Gasteiger partial charge in [-0.25, -0.2) is 8.42 Å². The zero-order valence-corrected chi connectivity index (χ0v) is 15.5. The van der Waals surface area contributed by atoms with Crippen molar-refractivity contribution >= 4 is 9.84 Å². The largest absolute Gasteiger partial charge is 0.401 e. The smallest absolute Gasteiger partial charge is 0.204 e. The van der Waals surface area contributed by atoms with Crippen molar-refractivity contribution in [3.63, 3.8) is 0 Å². The van der Waals surface area contributed by atoms with E-state index in [0.29, 0.717) is 25.0 Å². The number of allylic oxidation sites excluding steroid dienone is 2. The molecule has 5 heteroatoms. The topological polar surface area (TPSA) is 80.4 Å². The lowest BCUT2D eigenvalue weighted by atomic mass is 9.79. The number of hydrogen-bond acceptors (Lipinski definition) is 4. The first-order chi connectivity index (χ1) is 11.3. The van der Waals surface area contributed by atoms with E-state index in [0.717, 1.165) is 25.7 Å². The molecule has 1 aliphatic rings. The zero-order chi connectivity index (χ0) is 17.8. The van der Waals surface area contributed by atoms with Gasteiger partial charge in [-0.05, 0) is 31.4 Å². The molecule has 0 aliphatic heterocycles. The van der Waals surface area contributed by atoms with Gasteiger partial charge in [-0.3, -0.25) is 0 Å². The molecule has 4 nitrogen and oxygen atoms in total. The molecule has 0 radical (unpaired) electrons. The summed E-state index contributed by atoms with van der Waals surface area (Å²) in [6.07, 6.45) is 5.29. The van der Waals surface area contributed by atoms with Crippen LogP contribution in [0.1, 0.15) is 58.8 Å². The second-order valence-electron chi connectivity index (χ2n) is 7.14. The van der Waals surface area contributed by atoms with Crippen LogP contribution >= 0.6 is 0 Å². The average molecular weight is 352 g/mol. The Hall–Kier alpha value is -1.33. The Labute approximate surface area is 145 Å². The summed E-state index contributed by atoms with van der Waals surface area (Å²) in [6.45, 7) is 4.10. The summed E-state index contributed by atoms with van der Waals surface area (Å²) in [6, 6.07) is 8.38. The van der Waals surface area contributed by atoms with Crippen LogP contribution in [-0.2, 0) is 9.84 Å². The van der Waals surface area contributed by atoms with Gasteiger partial charge in [-0.15, -0.1) is 0 Å². The molecule has 0 fully saturated rings. The number of hydrogen-bond donors (Lipinski definition) is 2. The molecule has 134 valence electrons. The van der Waals surface area contributed by atoms with Crippen molar-refractivity contribution in [2.45, 2.75) is 69.8 Å². The highest BCUT2D eigenvalue weighted by Gasteiger charge is 2.43. The van der Waals surface area contributed by atoms with Gasteiger partial charge in [0.15, 0.2) is 0 Å². The number of aliphatic hydroxyl groups is 1. The minimum absolute atomic E-state index is 0.268. The molecule has 24 heavy (non-hydrogen) atoms. The van der Waals surface area contributed by atoms with Crippen LogP contribution < -0.4 is 5.73 Å². The zero-order valence-electron chi connectivity index (χ0n) is 14.7. The number of rotatable bonds is 8. The van der Waals surface area contributed by atoms with Gasteiger partial charge in [0, 0.05) is 11.1 Å². The molecule has 2 atom stereocenters. The highest BCUT2D eigenvalue weighted by atomic mass is 32.2. The van der Waals surface area contributed by atoms with Crippen molar-refractivity contribution < 1.29 is 13.5 Å². The average Bonchev–Trinajstić information content (AvgIpc) is 2.89. The SMILES string of the molecule is CCCCCCC(O)C1(C)CC(N)=C(S(=O)(=O)c2ccccc2)C1. The lowest BCUT2D eigenvalue weighted by Gasteiger charge is -2.30. The molecule has 2 rings (SSSR count). The second-order valence-corrected chi connectivity index (χ2v) is 9.11. The fourth-order valence-corrected chi connectivity index (χ4v) is 5.17. The molecule has 1 aromatic carbocycles. The Kier molecular flexibility index (Phi) is 6.10. The first-order valence-corrected chi connectivity index (χ1v) is 10.3. The Bertz CT molecular complexity index is 682. The highest BCUT2D eigenvalue weighted by Crippen LogP contribution is 2.46. The van der Waals surface area contributed by atoms with E-state index in [9.17, 15) is 13.5 Å². The predicted molar refractivity (Wildman–Crippen MR) is 96.9 cm³/mol. The third-order valence-corrected chi connectivity index (χ3v) is 6.98. The maximum Gasteiger partial charge on any atom is 0.204 e. The summed E-state index contributed by atoms with van der Waals surface area (Å²) in [5.41, 5.74) is 5.99. The lowest BCUT2D eigenvalue weighted by Crippen LogP contribution is -2.31. The van der Waals surface area contributed by atoms with Gasteiger partial charge in [0.1, 0.15) is 0 Å². The molecule has 0 bridgehead atoms. The molecule has 0 heterocycles. The van der Waals surface area contributed by atoms with Gasteiger partial charge in [0.2, 0.25) is 9.84 Å². The van der Waals surface area contributed by atoms with E-state index < -0.39 is 21.4 Å². The molecule has 2 unspecified atom stereocenters. The number of benzene rings is 1.